The van der Waals surface area contributed by atoms with Crippen molar-refractivity contribution in [3.63, 3.8) is 0 Å². The highest BCUT2D eigenvalue weighted by Crippen LogP contribution is 2.41. The number of nitrogens with one attached hydrogen (secondary N) is 1. The molecule has 17 heavy (non-hydrogen) atoms. The highest BCUT2D eigenvalue weighted by Gasteiger charge is 2.27. The SMILES string of the molecule is NCCc1ccc(O)c2c1SCC(C(=O)O)N2. The van der Waals surface area contributed by atoms with Crippen molar-refractivity contribution < 1.29 is 15.0 Å². The number of rotatable bonds is 3. The van der Waals surface area contributed by atoms with Crippen LogP contribution >= 0.6 is 11.8 Å². The monoisotopic (exact) mass is 254 g/mol. The van der Waals surface area contributed by atoms with Crippen LogP contribution in [0.5, 0.6) is 5.75 Å². The summed E-state index contributed by atoms with van der Waals surface area (Å²) in [5.41, 5.74) is 7.08. The van der Waals surface area contributed by atoms with Gasteiger partial charge in [0, 0.05) is 10.6 Å². The first kappa shape index (κ1) is 12.1. The maximum atomic E-state index is 10.9. The molecule has 5 N–H and O–H groups in total. The summed E-state index contributed by atoms with van der Waals surface area (Å²) >= 11 is 1.45. The molecule has 0 aliphatic carbocycles. The number of phenols is 1. The molecule has 2 rings (SSSR count). The molecular formula is C11H14N2O3S. The molecule has 0 aromatic heterocycles. The number of carboxylic acids is 1. The van der Waals surface area contributed by atoms with Crippen LogP contribution < -0.4 is 11.1 Å². The fourth-order valence-corrected chi connectivity index (χ4v) is 3.01. The predicted molar refractivity (Wildman–Crippen MR) is 66.6 cm³/mol. The van der Waals surface area contributed by atoms with Crippen molar-refractivity contribution in [2.45, 2.75) is 17.4 Å². The van der Waals surface area contributed by atoms with Gasteiger partial charge in [0.25, 0.3) is 0 Å². The standard InChI is InChI=1S/C11H14N2O3S/c12-4-3-6-1-2-8(14)9-10(6)17-5-7(13-9)11(15)16/h1-2,7,13-14H,3-5,12H2,(H,15,16). The van der Waals surface area contributed by atoms with Gasteiger partial charge in [-0.25, -0.2) is 4.79 Å². The topological polar surface area (TPSA) is 95.6 Å². The van der Waals surface area contributed by atoms with E-state index in [1.54, 1.807) is 6.07 Å². The van der Waals surface area contributed by atoms with Crippen LogP contribution in [0.25, 0.3) is 0 Å². The lowest BCUT2D eigenvalue weighted by Crippen LogP contribution is -2.34. The van der Waals surface area contributed by atoms with E-state index < -0.39 is 12.0 Å². The van der Waals surface area contributed by atoms with Crippen molar-refractivity contribution in [3.05, 3.63) is 17.7 Å². The lowest BCUT2D eigenvalue weighted by Gasteiger charge is -2.26. The van der Waals surface area contributed by atoms with Crippen LogP contribution in [0.3, 0.4) is 0 Å². The minimum atomic E-state index is -0.910. The van der Waals surface area contributed by atoms with Crippen LogP contribution in [0.2, 0.25) is 0 Å². The minimum Gasteiger partial charge on any atom is -0.506 e. The average Bonchev–Trinajstić information content (AvgIpc) is 2.32. The number of anilines is 1. The summed E-state index contributed by atoms with van der Waals surface area (Å²) in [4.78, 5) is 11.8. The third-order valence-electron chi connectivity index (χ3n) is 2.64. The van der Waals surface area contributed by atoms with E-state index in [1.165, 1.54) is 11.8 Å². The van der Waals surface area contributed by atoms with Gasteiger partial charge in [-0.3, -0.25) is 0 Å². The van der Waals surface area contributed by atoms with Crippen molar-refractivity contribution in [2.75, 3.05) is 17.6 Å². The van der Waals surface area contributed by atoms with Crippen LogP contribution in [0.1, 0.15) is 5.56 Å². The molecule has 92 valence electrons. The number of carbonyl (C=O) groups is 1. The van der Waals surface area contributed by atoms with Crippen LogP contribution in [0.15, 0.2) is 17.0 Å². The summed E-state index contributed by atoms with van der Waals surface area (Å²) in [6, 6.07) is 2.74. The Bertz CT molecular complexity index is 451. The van der Waals surface area contributed by atoms with Crippen LogP contribution in [0, 0.1) is 0 Å². The maximum Gasteiger partial charge on any atom is 0.327 e. The first-order valence-corrected chi connectivity index (χ1v) is 6.29. The Morgan fingerprint density at radius 3 is 3.00 bits per heavy atom. The Balaban J connectivity index is 2.36. The van der Waals surface area contributed by atoms with Gasteiger partial charge in [0.15, 0.2) is 0 Å². The fourth-order valence-electron chi connectivity index (χ4n) is 1.79. The smallest absolute Gasteiger partial charge is 0.327 e. The van der Waals surface area contributed by atoms with E-state index in [9.17, 15) is 9.90 Å². The minimum absolute atomic E-state index is 0.0826. The number of nitrogens with two attached hydrogens (primary N) is 1. The Morgan fingerprint density at radius 1 is 1.59 bits per heavy atom. The Hall–Kier alpha value is -1.40. The third-order valence-corrected chi connectivity index (χ3v) is 3.90. The van der Waals surface area contributed by atoms with Gasteiger partial charge < -0.3 is 21.3 Å². The largest absolute Gasteiger partial charge is 0.506 e. The number of thioether (sulfide) groups is 1. The number of phenolic OH excluding ortho intramolecular Hbond substituents is 1. The number of fused-ring (bicyclic) bond motifs is 1. The van der Waals surface area contributed by atoms with Crippen molar-refractivity contribution in [1.29, 1.82) is 0 Å². The number of carboxylic acid groups (broad SMARTS) is 1. The molecule has 1 heterocycles. The third kappa shape index (κ3) is 2.32. The zero-order valence-electron chi connectivity index (χ0n) is 9.14. The molecule has 0 radical (unpaired) electrons. The Morgan fingerprint density at radius 2 is 2.35 bits per heavy atom. The molecule has 5 nitrogen and oxygen atoms in total. The number of benzene rings is 1. The quantitative estimate of drug-likeness (QED) is 0.598. The summed E-state index contributed by atoms with van der Waals surface area (Å²) in [6.07, 6.45) is 0.717. The first-order chi connectivity index (χ1) is 8.13. The Labute approximate surface area is 103 Å². The van der Waals surface area contributed by atoms with E-state index in [0.29, 0.717) is 18.0 Å². The van der Waals surface area contributed by atoms with Gasteiger partial charge in [-0.05, 0) is 24.6 Å². The van der Waals surface area contributed by atoms with Gasteiger partial charge in [0.1, 0.15) is 11.8 Å². The summed E-state index contributed by atoms with van der Waals surface area (Å²) in [6.45, 7) is 0.528. The van der Waals surface area contributed by atoms with Gasteiger partial charge in [-0.15, -0.1) is 11.8 Å². The van der Waals surface area contributed by atoms with Crippen molar-refractivity contribution in [1.82, 2.24) is 0 Å². The molecule has 0 fully saturated rings. The average molecular weight is 254 g/mol. The van der Waals surface area contributed by atoms with E-state index in [-0.39, 0.29) is 5.75 Å². The lowest BCUT2D eigenvalue weighted by atomic mass is 10.1. The number of aromatic hydroxyl groups is 1. The molecule has 6 heteroatoms. The molecule has 0 bridgehead atoms. The molecule has 1 aromatic carbocycles. The maximum absolute atomic E-state index is 10.9. The normalized spacial score (nSPS) is 18.3. The van der Waals surface area contributed by atoms with Crippen molar-refractivity contribution >= 4 is 23.4 Å². The second-order valence-corrected chi connectivity index (χ2v) is 4.86. The van der Waals surface area contributed by atoms with Gasteiger partial charge in [-0.1, -0.05) is 6.07 Å². The van der Waals surface area contributed by atoms with Crippen LogP contribution in [-0.2, 0) is 11.2 Å². The highest BCUT2D eigenvalue weighted by molar-refractivity contribution is 7.99. The van der Waals surface area contributed by atoms with Crippen LogP contribution in [-0.4, -0.2) is 34.5 Å². The van der Waals surface area contributed by atoms with Crippen molar-refractivity contribution in [2.24, 2.45) is 5.73 Å². The van der Waals surface area contributed by atoms with Gasteiger partial charge in [0.2, 0.25) is 0 Å². The van der Waals surface area contributed by atoms with E-state index in [1.807, 2.05) is 6.07 Å². The second-order valence-electron chi connectivity index (χ2n) is 3.83. The fraction of sp³-hybridized carbons (Fsp3) is 0.364. The molecule has 1 aliphatic heterocycles. The van der Waals surface area contributed by atoms with E-state index in [2.05, 4.69) is 5.32 Å². The lowest BCUT2D eigenvalue weighted by molar-refractivity contribution is -0.137. The molecule has 0 saturated carbocycles. The summed E-state index contributed by atoms with van der Waals surface area (Å²) < 4.78 is 0. The summed E-state index contributed by atoms with van der Waals surface area (Å²) in [7, 11) is 0. The van der Waals surface area contributed by atoms with Crippen LogP contribution in [0.4, 0.5) is 5.69 Å². The highest BCUT2D eigenvalue weighted by atomic mass is 32.2. The predicted octanol–water partition coefficient (Wildman–Crippen LogP) is 0.864. The number of aliphatic carboxylic acids is 1. The second kappa shape index (κ2) is 4.85. The molecule has 0 spiro atoms. The van der Waals surface area contributed by atoms with E-state index in [4.69, 9.17) is 10.8 Å². The molecule has 1 unspecified atom stereocenters. The molecule has 1 aromatic rings. The van der Waals surface area contributed by atoms with Gasteiger partial charge >= 0.3 is 5.97 Å². The van der Waals surface area contributed by atoms with Gasteiger partial charge in [-0.2, -0.15) is 0 Å². The van der Waals surface area contributed by atoms with E-state index in [0.717, 1.165) is 16.9 Å². The van der Waals surface area contributed by atoms with Crippen molar-refractivity contribution in [3.8, 4) is 5.75 Å². The Kier molecular flexibility index (Phi) is 3.44. The number of hydrogen-bond donors (Lipinski definition) is 4. The number of hydrogen-bond acceptors (Lipinski definition) is 5. The molecule has 1 aliphatic rings. The molecule has 0 amide bonds. The summed E-state index contributed by atoms with van der Waals surface area (Å²) in [5, 5.41) is 21.6. The van der Waals surface area contributed by atoms with E-state index >= 15 is 0 Å². The summed E-state index contributed by atoms with van der Waals surface area (Å²) in [5.74, 6) is -0.380. The zero-order chi connectivity index (χ0) is 12.4. The first-order valence-electron chi connectivity index (χ1n) is 5.30. The van der Waals surface area contributed by atoms with Gasteiger partial charge in [0.05, 0.1) is 5.69 Å². The molecule has 0 saturated heterocycles. The molecular weight excluding hydrogens is 240 g/mol. The zero-order valence-corrected chi connectivity index (χ0v) is 9.96. The molecule has 1 atom stereocenters.